The van der Waals surface area contributed by atoms with E-state index in [0.717, 1.165) is 17.2 Å². The van der Waals surface area contributed by atoms with E-state index in [9.17, 15) is 31.1 Å². The number of anilines is 1. The number of nitrogens with one attached hydrogen (secondary N) is 1. The van der Waals surface area contributed by atoms with E-state index in [0.29, 0.717) is 38.5 Å². The molecule has 11 nitrogen and oxygen atoms in total. The highest BCUT2D eigenvalue weighted by atomic mass is 19.4. The number of hydrogen-bond acceptors (Lipinski definition) is 9. The van der Waals surface area contributed by atoms with Crippen molar-refractivity contribution in [3.05, 3.63) is 47.8 Å². The van der Waals surface area contributed by atoms with Gasteiger partial charge in [-0.3, -0.25) is 4.79 Å². The second kappa shape index (κ2) is 10.7. The summed E-state index contributed by atoms with van der Waals surface area (Å²) < 4.78 is 90.4. The van der Waals surface area contributed by atoms with Crippen LogP contribution in [0.4, 0.5) is 32.3 Å². The molecule has 17 heteroatoms. The van der Waals surface area contributed by atoms with Gasteiger partial charge in [0.1, 0.15) is 17.7 Å². The smallest absolute Gasteiger partial charge is 0.376 e. The topological polar surface area (TPSA) is 143 Å². The van der Waals surface area contributed by atoms with Gasteiger partial charge in [0.05, 0.1) is 31.5 Å². The van der Waals surface area contributed by atoms with E-state index in [2.05, 4.69) is 30.4 Å². The van der Waals surface area contributed by atoms with Crippen LogP contribution in [0, 0.1) is 0 Å². The molecule has 1 fully saturated rings. The number of pyridine rings is 1. The molecule has 202 valence electrons. The van der Waals surface area contributed by atoms with Gasteiger partial charge in [-0.05, 0) is 12.1 Å². The predicted octanol–water partition coefficient (Wildman–Crippen LogP) is 2.48. The molecule has 4 heterocycles. The normalized spacial score (nSPS) is 16.9. The van der Waals surface area contributed by atoms with Crippen molar-refractivity contribution < 1.29 is 40.6 Å². The summed E-state index contributed by atoms with van der Waals surface area (Å²) in [6, 6.07) is 0.773. The Labute approximate surface area is 209 Å². The highest BCUT2D eigenvalue weighted by molar-refractivity contribution is 6.22. The standard InChI is InChI=1S/C21H18F6N8O3/c22-20(23,24)15-3-11(4-16(33-15)21(25,26)27)18-32-10-35(34-18)8-14(17(28)36)12-5-29-19(30-6-12)31-7-13-9-37-1-2-38-13/h3-6,8,10,13H,1-2,7,9H2,(H2,28,36)(H,29,30,31)/b14-8+/t13-/m0/s1. The Hall–Kier alpha value is -4.12. The molecule has 0 saturated carbocycles. The fraction of sp³-hybridized carbons (Fsp3) is 0.333. The van der Waals surface area contributed by atoms with E-state index >= 15 is 0 Å². The van der Waals surface area contributed by atoms with Crippen molar-refractivity contribution in [3.63, 3.8) is 0 Å². The minimum Gasteiger partial charge on any atom is -0.376 e. The molecule has 1 aliphatic heterocycles. The van der Waals surface area contributed by atoms with E-state index in [-0.39, 0.29) is 23.2 Å². The fourth-order valence-electron chi connectivity index (χ4n) is 3.25. The number of hydrogen-bond donors (Lipinski definition) is 2. The monoisotopic (exact) mass is 544 g/mol. The Bertz CT molecular complexity index is 1290. The van der Waals surface area contributed by atoms with Crippen LogP contribution in [-0.2, 0) is 26.6 Å². The number of alkyl halides is 6. The minimum absolute atomic E-state index is 0.154. The van der Waals surface area contributed by atoms with Gasteiger partial charge in [-0.1, -0.05) is 0 Å². The molecule has 3 aromatic rings. The summed E-state index contributed by atoms with van der Waals surface area (Å²) in [7, 11) is 0. The van der Waals surface area contributed by atoms with Crippen LogP contribution < -0.4 is 11.1 Å². The molecule has 3 aromatic heterocycles. The first-order valence-corrected chi connectivity index (χ1v) is 10.8. The van der Waals surface area contributed by atoms with Crippen molar-refractivity contribution in [2.75, 3.05) is 31.7 Å². The zero-order valence-corrected chi connectivity index (χ0v) is 19.1. The first kappa shape index (κ1) is 26.9. The SMILES string of the molecule is NC(=O)/C(=C/n1cnc(-c2cc(C(F)(F)F)nc(C(F)(F)F)c2)n1)c1cnc(NC[C@H]2COCCO2)nc1. The van der Waals surface area contributed by atoms with E-state index in [1.165, 1.54) is 12.4 Å². The second-order valence-electron chi connectivity index (χ2n) is 7.82. The lowest BCUT2D eigenvalue weighted by atomic mass is 10.1. The van der Waals surface area contributed by atoms with Gasteiger partial charge in [0, 0.05) is 36.3 Å². The molecular weight excluding hydrogens is 526 g/mol. The number of ether oxygens (including phenoxy) is 2. The molecule has 0 unspecified atom stereocenters. The third-order valence-corrected chi connectivity index (χ3v) is 5.04. The quantitative estimate of drug-likeness (QED) is 0.339. The van der Waals surface area contributed by atoms with Gasteiger partial charge in [0.2, 0.25) is 5.95 Å². The maximum absolute atomic E-state index is 13.1. The third kappa shape index (κ3) is 6.60. The van der Waals surface area contributed by atoms with Crippen LogP contribution in [0.2, 0.25) is 0 Å². The molecule has 3 N–H and O–H groups in total. The maximum atomic E-state index is 13.1. The van der Waals surface area contributed by atoms with Gasteiger partial charge >= 0.3 is 12.4 Å². The van der Waals surface area contributed by atoms with Crippen LogP contribution in [-0.4, -0.2) is 68.1 Å². The molecule has 1 atom stereocenters. The molecule has 0 spiro atoms. The first-order chi connectivity index (χ1) is 17.9. The summed E-state index contributed by atoms with van der Waals surface area (Å²) >= 11 is 0. The van der Waals surface area contributed by atoms with Crippen molar-refractivity contribution in [1.29, 1.82) is 0 Å². The average Bonchev–Trinajstić information content (AvgIpc) is 3.34. The Morgan fingerprint density at radius 3 is 2.29 bits per heavy atom. The van der Waals surface area contributed by atoms with Gasteiger partial charge in [-0.25, -0.2) is 24.6 Å². The lowest BCUT2D eigenvalue weighted by molar-refractivity contribution is -0.150. The summed E-state index contributed by atoms with van der Waals surface area (Å²) in [5.74, 6) is -1.18. The van der Waals surface area contributed by atoms with Crippen LogP contribution in [0.5, 0.6) is 0 Å². The zero-order valence-electron chi connectivity index (χ0n) is 19.1. The van der Waals surface area contributed by atoms with Gasteiger partial charge in [-0.15, -0.1) is 5.10 Å². The van der Waals surface area contributed by atoms with E-state index in [1.807, 2.05) is 0 Å². The number of rotatable bonds is 7. The van der Waals surface area contributed by atoms with Crippen molar-refractivity contribution in [1.82, 2.24) is 29.7 Å². The minimum atomic E-state index is -5.14. The summed E-state index contributed by atoms with van der Waals surface area (Å²) in [6.45, 7) is 1.77. The lowest BCUT2D eigenvalue weighted by Gasteiger charge is -2.22. The van der Waals surface area contributed by atoms with Gasteiger partial charge in [-0.2, -0.15) is 26.3 Å². The number of nitrogens with zero attached hydrogens (tertiary/aromatic N) is 6. The number of carbonyl (C=O) groups excluding carboxylic acids is 1. The number of primary amides is 1. The first-order valence-electron chi connectivity index (χ1n) is 10.8. The Morgan fingerprint density at radius 1 is 1.08 bits per heavy atom. The van der Waals surface area contributed by atoms with Gasteiger partial charge < -0.3 is 20.5 Å². The van der Waals surface area contributed by atoms with Crippen LogP contribution in [0.3, 0.4) is 0 Å². The van der Waals surface area contributed by atoms with Gasteiger partial charge in [0.15, 0.2) is 5.82 Å². The van der Waals surface area contributed by atoms with Crippen LogP contribution in [0.15, 0.2) is 30.9 Å². The molecule has 0 aliphatic carbocycles. The van der Waals surface area contributed by atoms with E-state index in [4.69, 9.17) is 15.2 Å². The molecule has 0 aromatic carbocycles. The van der Waals surface area contributed by atoms with Crippen molar-refractivity contribution >= 4 is 23.6 Å². The lowest BCUT2D eigenvalue weighted by Crippen LogP contribution is -2.34. The molecule has 38 heavy (non-hydrogen) atoms. The number of amides is 1. The fourth-order valence-corrected chi connectivity index (χ4v) is 3.25. The van der Waals surface area contributed by atoms with Crippen LogP contribution in [0.25, 0.3) is 23.2 Å². The third-order valence-electron chi connectivity index (χ3n) is 5.04. The number of aromatic nitrogens is 6. The van der Waals surface area contributed by atoms with Gasteiger partial charge in [0.25, 0.3) is 5.91 Å². The molecular formula is C21H18F6N8O3. The molecule has 4 rings (SSSR count). The average molecular weight is 544 g/mol. The van der Waals surface area contributed by atoms with Crippen molar-refractivity contribution in [2.45, 2.75) is 18.5 Å². The second-order valence-corrected chi connectivity index (χ2v) is 7.82. The van der Waals surface area contributed by atoms with E-state index < -0.39 is 41.0 Å². The number of carbonyl (C=O) groups is 1. The maximum Gasteiger partial charge on any atom is 0.433 e. The van der Waals surface area contributed by atoms with Crippen molar-refractivity contribution in [3.8, 4) is 11.4 Å². The summed E-state index contributed by atoms with van der Waals surface area (Å²) in [4.78, 5) is 26.6. The molecule has 1 saturated heterocycles. The van der Waals surface area contributed by atoms with Crippen LogP contribution >= 0.6 is 0 Å². The molecule has 0 bridgehead atoms. The highest BCUT2D eigenvalue weighted by Gasteiger charge is 2.39. The highest BCUT2D eigenvalue weighted by Crippen LogP contribution is 2.35. The molecule has 1 amide bonds. The van der Waals surface area contributed by atoms with E-state index in [1.54, 1.807) is 0 Å². The molecule has 0 radical (unpaired) electrons. The Balaban J connectivity index is 1.57. The predicted molar refractivity (Wildman–Crippen MR) is 118 cm³/mol. The zero-order chi connectivity index (χ0) is 27.5. The Kier molecular flexibility index (Phi) is 7.58. The summed E-state index contributed by atoms with van der Waals surface area (Å²) in [6.07, 6.45) is -5.84. The number of halogens is 6. The summed E-state index contributed by atoms with van der Waals surface area (Å²) in [5.41, 5.74) is 1.34. The van der Waals surface area contributed by atoms with Crippen molar-refractivity contribution in [2.24, 2.45) is 5.73 Å². The van der Waals surface area contributed by atoms with Crippen LogP contribution in [0.1, 0.15) is 17.0 Å². The Morgan fingerprint density at radius 2 is 1.74 bits per heavy atom. The molecule has 1 aliphatic rings. The largest absolute Gasteiger partial charge is 0.433 e. The summed E-state index contributed by atoms with van der Waals surface area (Å²) in [5, 5.41) is 6.81. The number of nitrogens with two attached hydrogens (primary N) is 1.